The van der Waals surface area contributed by atoms with E-state index in [1.165, 1.54) is 42.7 Å². The highest BCUT2D eigenvalue weighted by molar-refractivity contribution is 7.53. The minimum absolute atomic E-state index is 0.00775. The fourth-order valence-corrected chi connectivity index (χ4v) is 8.45. The van der Waals surface area contributed by atoms with Crippen molar-refractivity contribution in [3.05, 3.63) is 130 Å². The lowest BCUT2D eigenvalue weighted by atomic mass is 10.1. The number of halogens is 2. The Morgan fingerprint density at radius 3 is 1.62 bits per heavy atom. The van der Waals surface area contributed by atoms with Crippen molar-refractivity contribution in [3.63, 3.8) is 0 Å². The van der Waals surface area contributed by atoms with Gasteiger partial charge in [0.2, 0.25) is 0 Å². The van der Waals surface area contributed by atoms with Crippen molar-refractivity contribution in [2.75, 3.05) is 66.3 Å². The Kier molecular flexibility index (Phi) is 21.8. The van der Waals surface area contributed by atoms with Gasteiger partial charge < -0.3 is 42.2 Å². The van der Waals surface area contributed by atoms with Crippen LogP contribution in [0.25, 0.3) is 0 Å². The van der Waals surface area contributed by atoms with Crippen LogP contribution in [0.3, 0.4) is 0 Å². The first-order chi connectivity index (χ1) is 31.2. The molecular weight excluding hydrogens is 886 g/mol. The van der Waals surface area contributed by atoms with Crippen LogP contribution in [0.15, 0.2) is 90.3 Å². The maximum atomic E-state index is 13.2. The van der Waals surface area contributed by atoms with Gasteiger partial charge in [0, 0.05) is 50.1 Å². The molecule has 4 aromatic carbocycles. The van der Waals surface area contributed by atoms with Crippen LogP contribution in [0.2, 0.25) is 0 Å². The number of anilines is 1. The van der Waals surface area contributed by atoms with Crippen molar-refractivity contribution in [3.8, 4) is 23.0 Å². The van der Waals surface area contributed by atoms with Gasteiger partial charge in [0.15, 0.2) is 5.13 Å². The average Bonchev–Trinajstić information content (AvgIpc) is 3.70. The third-order valence-corrected chi connectivity index (χ3v) is 11.7. The van der Waals surface area contributed by atoms with E-state index in [1.54, 1.807) is 94.1 Å². The Bertz CT molecular complexity index is 2270. The Morgan fingerprint density at radius 2 is 1.15 bits per heavy atom. The monoisotopic (exact) mass is 942 g/mol. The number of benzene rings is 4. The maximum Gasteiger partial charge on any atom is 0.338 e. The van der Waals surface area contributed by atoms with Crippen LogP contribution >= 0.6 is 18.9 Å². The van der Waals surface area contributed by atoms with Crippen LogP contribution in [0.4, 0.5) is 13.9 Å². The molecule has 0 spiro atoms. The molecule has 0 saturated carbocycles. The summed E-state index contributed by atoms with van der Waals surface area (Å²) in [5.74, 6) is 0.420. The minimum Gasteiger partial charge on any atom is -0.493 e. The highest BCUT2D eigenvalue weighted by Gasteiger charge is 2.26. The summed E-state index contributed by atoms with van der Waals surface area (Å²) < 4.78 is 87.9. The molecule has 0 aliphatic carbocycles. The number of nitrogens with one attached hydrogen (secondary N) is 1. The van der Waals surface area contributed by atoms with Crippen LogP contribution in [-0.2, 0) is 46.8 Å². The second-order valence-electron chi connectivity index (χ2n) is 14.3. The van der Waals surface area contributed by atoms with Crippen molar-refractivity contribution < 1.29 is 65.1 Å². The number of esters is 1. The zero-order valence-corrected chi connectivity index (χ0v) is 39.3. The second-order valence-corrected chi connectivity index (χ2v) is 17.2. The van der Waals surface area contributed by atoms with E-state index in [9.17, 15) is 22.9 Å². The van der Waals surface area contributed by atoms with E-state index in [2.05, 4.69) is 10.3 Å². The van der Waals surface area contributed by atoms with Crippen LogP contribution in [0.5, 0.6) is 23.0 Å². The predicted molar refractivity (Wildman–Crippen MR) is 244 cm³/mol. The summed E-state index contributed by atoms with van der Waals surface area (Å²) >= 11 is 1.21. The topological polar surface area (TPSA) is 159 Å². The number of methoxy groups -OCH3 is 3. The van der Waals surface area contributed by atoms with Crippen LogP contribution in [0, 0.1) is 11.6 Å². The van der Waals surface area contributed by atoms with Gasteiger partial charge in [0.25, 0.3) is 5.91 Å². The summed E-state index contributed by atoms with van der Waals surface area (Å²) in [6, 6.07) is 22.3. The number of rotatable bonds is 25. The van der Waals surface area contributed by atoms with Crippen LogP contribution in [0.1, 0.15) is 65.2 Å². The van der Waals surface area contributed by atoms with Crippen molar-refractivity contribution >= 4 is 35.9 Å². The molecule has 5 aromatic rings. The summed E-state index contributed by atoms with van der Waals surface area (Å²) in [7, 11) is 1.17. The molecule has 352 valence electrons. The third-order valence-electron chi connectivity index (χ3n) is 8.85. The molecule has 14 nitrogen and oxygen atoms in total. The summed E-state index contributed by atoms with van der Waals surface area (Å²) in [4.78, 5) is 29.4. The van der Waals surface area contributed by atoms with Gasteiger partial charge in [-0.05, 0) is 87.4 Å². The van der Waals surface area contributed by atoms with Gasteiger partial charge >= 0.3 is 13.6 Å². The first-order valence-corrected chi connectivity index (χ1v) is 23.4. The fraction of sp³-hybridized carbons (Fsp3) is 0.383. The molecular formula is C47H57F2N2O12PS. The van der Waals surface area contributed by atoms with Gasteiger partial charge in [-0.1, -0.05) is 24.3 Å². The molecule has 2 atom stereocenters. The summed E-state index contributed by atoms with van der Waals surface area (Å²) in [5.41, 5.74) is 3.02. The summed E-state index contributed by atoms with van der Waals surface area (Å²) in [6.45, 7) is 9.19. The van der Waals surface area contributed by atoms with E-state index in [-0.39, 0.29) is 43.2 Å². The Hall–Kier alpha value is -5.42. The normalized spacial score (nSPS) is 12.0. The predicted octanol–water partition coefficient (Wildman–Crippen LogP) is 9.98. The van der Waals surface area contributed by atoms with Crippen molar-refractivity contribution in [1.29, 1.82) is 0 Å². The third kappa shape index (κ3) is 18.5. The molecule has 0 unspecified atom stereocenters. The molecule has 1 amide bonds. The summed E-state index contributed by atoms with van der Waals surface area (Å²) in [5, 5.41) is 4.82. The molecule has 1 aromatic heterocycles. The Morgan fingerprint density at radius 1 is 0.692 bits per heavy atom. The number of carbonyl (C=O) groups excluding carboxylic acids is 2. The van der Waals surface area contributed by atoms with E-state index in [4.69, 9.17) is 42.2 Å². The first kappa shape index (κ1) is 52.2. The zero-order chi connectivity index (χ0) is 47.2. The fourth-order valence-electron chi connectivity index (χ4n) is 6.02. The molecule has 0 radical (unpaired) electrons. The smallest absolute Gasteiger partial charge is 0.338 e. The van der Waals surface area contributed by atoms with Gasteiger partial charge in [-0.15, -0.1) is 11.3 Å². The lowest BCUT2D eigenvalue weighted by Crippen LogP contribution is -2.19. The molecule has 18 heteroatoms. The van der Waals surface area contributed by atoms with Crippen molar-refractivity contribution in [1.82, 2.24) is 4.98 Å². The lowest BCUT2D eigenvalue weighted by Gasteiger charge is -2.16. The van der Waals surface area contributed by atoms with Gasteiger partial charge in [0.05, 0.1) is 64.2 Å². The second kappa shape index (κ2) is 27.1. The Balaban J connectivity index is 0.000000309. The van der Waals surface area contributed by atoms with Crippen molar-refractivity contribution in [2.24, 2.45) is 0 Å². The number of thiazole rings is 1. The van der Waals surface area contributed by atoms with Crippen LogP contribution < -0.4 is 24.3 Å². The quantitative estimate of drug-likeness (QED) is 0.0436. The zero-order valence-electron chi connectivity index (χ0n) is 37.6. The summed E-state index contributed by atoms with van der Waals surface area (Å²) in [6.07, 6.45) is 0.739. The molecule has 0 saturated heterocycles. The van der Waals surface area contributed by atoms with E-state index in [0.29, 0.717) is 84.2 Å². The Labute approximate surface area is 383 Å². The highest BCUT2D eigenvalue weighted by Crippen LogP contribution is 2.51. The molecule has 0 fully saturated rings. The molecule has 65 heavy (non-hydrogen) atoms. The van der Waals surface area contributed by atoms with Gasteiger partial charge in [-0.2, -0.15) is 0 Å². The van der Waals surface area contributed by atoms with E-state index in [0.717, 1.165) is 11.1 Å². The molecule has 0 aliphatic rings. The van der Waals surface area contributed by atoms with E-state index in [1.807, 2.05) is 13.8 Å². The SMILES string of the molecule is CCOP(=O)(Cc1csc(NC(=O)c2cc(OCCc3ccc(F)cc3)cc(O[C@@H](C)COC)c2)n1)OCC.COC[C@H](C)Oc1cc(OCCc2ccc(F)cc2)cc(C(=O)OC)c1. The van der Waals surface area contributed by atoms with Gasteiger partial charge in [-0.3, -0.25) is 14.7 Å². The number of ether oxygens (including phenoxy) is 7. The van der Waals surface area contributed by atoms with Crippen molar-refractivity contribution in [2.45, 2.75) is 58.9 Å². The van der Waals surface area contributed by atoms with Crippen LogP contribution in [-0.4, -0.2) is 90.0 Å². The number of hydrogen-bond acceptors (Lipinski definition) is 14. The first-order valence-electron chi connectivity index (χ1n) is 20.8. The minimum atomic E-state index is -3.32. The number of aromatic nitrogens is 1. The lowest BCUT2D eigenvalue weighted by molar-refractivity contribution is 0.0598. The largest absolute Gasteiger partial charge is 0.493 e. The number of hydrogen-bond donors (Lipinski definition) is 1. The van der Waals surface area contributed by atoms with Gasteiger partial charge in [-0.25, -0.2) is 18.6 Å². The molecule has 0 bridgehead atoms. The molecule has 1 N–H and O–H groups in total. The van der Waals surface area contributed by atoms with E-state index >= 15 is 0 Å². The number of nitrogens with zero attached hydrogens (tertiary/aromatic N) is 1. The number of amides is 1. The van der Waals surface area contributed by atoms with Gasteiger partial charge in [0.1, 0.15) is 46.8 Å². The molecule has 0 aliphatic heterocycles. The maximum absolute atomic E-state index is 13.2. The molecule has 1 heterocycles. The number of carbonyl (C=O) groups is 2. The highest BCUT2D eigenvalue weighted by atomic mass is 32.1. The average molecular weight is 943 g/mol. The van der Waals surface area contributed by atoms with E-state index < -0.39 is 19.5 Å². The standard InChI is InChI=1S/C27H34FN2O7PS.C20H23FO5/c1-5-35-38(32,36-6-2)17-23-18-39-27(29-23)30-26(31)21-13-24(15-25(14-21)37-19(3)16-33-4)34-12-11-20-7-9-22(28)10-8-20;1-14(13-23-2)26-19-11-16(20(22)24-3)10-18(12-19)25-9-8-15-4-6-17(21)7-5-15/h7-10,13-15,18-19H,5-6,11-12,16-17H2,1-4H3,(H,29,30,31);4-7,10-12,14H,8-9,13H2,1-3H3/t19-;14-/m00/s1. The molecule has 5 rings (SSSR count).